The van der Waals surface area contributed by atoms with E-state index in [0.29, 0.717) is 17.8 Å². The molecule has 0 fully saturated rings. The summed E-state index contributed by atoms with van der Waals surface area (Å²) >= 11 is 3.29. The van der Waals surface area contributed by atoms with Gasteiger partial charge in [0.15, 0.2) is 0 Å². The molecule has 0 aliphatic heterocycles. The van der Waals surface area contributed by atoms with Crippen LogP contribution in [0.2, 0.25) is 0 Å². The Balaban J connectivity index is 2.25. The van der Waals surface area contributed by atoms with Crippen LogP contribution in [0.15, 0.2) is 41.0 Å². The standard InChI is InChI=1S/C16H19BrFN3/c1-2-6-20-15(8-11-5-7-21-16(19)9-11)13-4-3-12(17)10-14(13)18/h3-5,7,9-10,15,20H,2,6,8H2,1H3,(H2,19,21). The lowest BCUT2D eigenvalue weighted by molar-refractivity contribution is 0.497. The predicted octanol–water partition coefficient (Wildman–Crippen LogP) is 3.85. The molecule has 5 heteroatoms. The molecule has 0 amide bonds. The summed E-state index contributed by atoms with van der Waals surface area (Å²) in [7, 11) is 0. The Bertz CT molecular complexity index is 604. The number of hydrogen-bond donors (Lipinski definition) is 2. The number of pyridine rings is 1. The van der Waals surface area contributed by atoms with Crippen molar-refractivity contribution < 1.29 is 4.39 Å². The SMILES string of the molecule is CCCNC(Cc1ccnc(N)c1)c1ccc(Br)cc1F. The van der Waals surface area contributed by atoms with Crippen molar-refractivity contribution in [3.8, 4) is 0 Å². The molecule has 0 aliphatic rings. The number of nitrogens with one attached hydrogen (secondary N) is 1. The van der Waals surface area contributed by atoms with Crippen molar-refractivity contribution in [1.82, 2.24) is 10.3 Å². The first-order valence-corrected chi connectivity index (χ1v) is 7.78. The molecule has 2 aromatic rings. The summed E-state index contributed by atoms with van der Waals surface area (Å²) in [5.41, 5.74) is 7.42. The number of halogens is 2. The molecule has 1 atom stereocenters. The average molecular weight is 352 g/mol. The second-order valence-corrected chi connectivity index (χ2v) is 5.88. The first-order valence-electron chi connectivity index (χ1n) is 6.99. The normalized spacial score (nSPS) is 12.3. The quantitative estimate of drug-likeness (QED) is 0.830. The van der Waals surface area contributed by atoms with Crippen molar-refractivity contribution in [2.75, 3.05) is 12.3 Å². The molecule has 2 rings (SSSR count). The van der Waals surface area contributed by atoms with Gasteiger partial charge in [-0.15, -0.1) is 0 Å². The Hall–Kier alpha value is -1.46. The van der Waals surface area contributed by atoms with Crippen LogP contribution in [0, 0.1) is 5.82 Å². The van der Waals surface area contributed by atoms with E-state index >= 15 is 0 Å². The van der Waals surface area contributed by atoms with Gasteiger partial charge in [-0.25, -0.2) is 9.37 Å². The van der Waals surface area contributed by atoms with Gasteiger partial charge < -0.3 is 11.1 Å². The van der Waals surface area contributed by atoms with E-state index in [1.165, 1.54) is 6.07 Å². The van der Waals surface area contributed by atoms with E-state index in [0.717, 1.165) is 23.0 Å². The van der Waals surface area contributed by atoms with Gasteiger partial charge in [-0.3, -0.25) is 0 Å². The van der Waals surface area contributed by atoms with E-state index in [4.69, 9.17) is 5.73 Å². The maximum Gasteiger partial charge on any atom is 0.129 e. The minimum Gasteiger partial charge on any atom is -0.384 e. The average Bonchev–Trinajstić information content (AvgIpc) is 2.44. The van der Waals surface area contributed by atoms with Crippen LogP contribution in [0.4, 0.5) is 10.2 Å². The topological polar surface area (TPSA) is 50.9 Å². The lowest BCUT2D eigenvalue weighted by atomic mass is 9.98. The van der Waals surface area contributed by atoms with Crippen molar-refractivity contribution in [3.63, 3.8) is 0 Å². The number of aromatic nitrogens is 1. The molecular formula is C16H19BrFN3. The fourth-order valence-electron chi connectivity index (χ4n) is 2.25. The first kappa shape index (κ1) is 15.9. The molecule has 112 valence electrons. The van der Waals surface area contributed by atoms with Gasteiger partial charge in [-0.1, -0.05) is 28.9 Å². The molecule has 1 heterocycles. The van der Waals surface area contributed by atoms with Crippen LogP contribution in [0.25, 0.3) is 0 Å². The van der Waals surface area contributed by atoms with E-state index in [2.05, 4.69) is 33.2 Å². The Kier molecular flexibility index (Phi) is 5.70. The van der Waals surface area contributed by atoms with Crippen LogP contribution in [0.5, 0.6) is 0 Å². The summed E-state index contributed by atoms with van der Waals surface area (Å²) < 4.78 is 14.9. The monoisotopic (exact) mass is 351 g/mol. The number of hydrogen-bond acceptors (Lipinski definition) is 3. The molecule has 3 N–H and O–H groups in total. The van der Waals surface area contributed by atoms with Crippen molar-refractivity contribution >= 4 is 21.7 Å². The lowest BCUT2D eigenvalue weighted by Crippen LogP contribution is -2.25. The van der Waals surface area contributed by atoms with Crippen LogP contribution in [0.3, 0.4) is 0 Å². The second kappa shape index (κ2) is 7.52. The number of anilines is 1. The van der Waals surface area contributed by atoms with Crippen LogP contribution in [-0.4, -0.2) is 11.5 Å². The Morgan fingerprint density at radius 3 is 2.81 bits per heavy atom. The van der Waals surface area contributed by atoms with Gasteiger partial charge in [0.25, 0.3) is 0 Å². The van der Waals surface area contributed by atoms with Crippen molar-refractivity contribution in [2.45, 2.75) is 25.8 Å². The maximum absolute atomic E-state index is 14.2. The molecule has 1 unspecified atom stereocenters. The highest BCUT2D eigenvalue weighted by atomic mass is 79.9. The third kappa shape index (κ3) is 4.51. The molecule has 21 heavy (non-hydrogen) atoms. The van der Waals surface area contributed by atoms with Gasteiger partial charge in [0.1, 0.15) is 11.6 Å². The number of nitrogens with zero attached hydrogens (tertiary/aromatic N) is 1. The summed E-state index contributed by atoms with van der Waals surface area (Å²) in [5.74, 6) is 0.276. The zero-order valence-corrected chi connectivity index (χ0v) is 13.5. The zero-order chi connectivity index (χ0) is 15.2. The van der Waals surface area contributed by atoms with Crippen molar-refractivity contribution in [2.24, 2.45) is 0 Å². The van der Waals surface area contributed by atoms with E-state index in [9.17, 15) is 4.39 Å². The third-order valence-electron chi connectivity index (χ3n) is 3.26. The van der Waals surface area contributed by atoms with Gasteiger partial charge in [-0.05, 0) is 49.2 Å². The molecule has 0 radical (unpaired) electrons. The highest BCUT2D eigenvalue weighted by Gasteiger charge is 2.16. The summed E-state index contributed by atoms with van der Waals surface area (Å²) in [4.78, 5) is 3.99. The summed E-state index contributed by atoms with van der Waals surface area (Å²) in [6, 6.07) is 8.83. The third-order valence-corrected chi connectivity index (χ3v) is 3.76. The Morgan fingerprint density at radius 2 is 2.14 bits per heavy atom. The fraction of sp³-hybridized carbons (Fsp3) is 0.312. The van der Waals surface area contributed by atoms with Crippen LogP contribution in [0.1, 0.15) is 30.5 Å². The highest BCUT2D eigenvalue weighted by molar-refractivity contribution is 9.10. The highest BCUT2D eigenvalue weighted by Crippen LogP contribution is 2.24. The smallest absolute Gasteiger partial charge is 0.129 e. The largest absolute Gasteiger partial charge is 0.384 e. The van der Waals surface area contributed by atoms with Gasteiger partial charge in [0.05, 0.1) is 0 Å². The minimum absolute atomic E-state index is 0.0835. The molecule has 3 nitrogen and oxygen atoms in total. The van der Waals surface area contributed by atoms with E-state index in [-0.39, 0.29) is 11.9 Å². The molecule has 0 saturated carbocycles. The van der Waals surface area contributed by atoms with E-state index in [1.807, 2.05) is 24.3 Å². The number of rotatable bonds is 6. The van der Waals surface area contributed by atoms with Gasteiger partial charge >= 0.3 is 0 Å². The second-order valence-electron chi connectivity index (χ2n) is 4.97. The molecular weight excluding hydrogens is 333 g/mol. The van der Waals surface area contributed by atoms with E-state index < -0.39 is 0 Å². The van der Waals surface area contributed by atoms with Gasteiger partial charge in [-0.2, -0.15) is 0 Å². The van der Waals surface area contributed by atoms with Gasteiger partial charge in [0.2, 0.25) is 0 Å². The number of nitrogens with two attached hydrogens (primary N) is 1. The van der Waals surface area contributed by atoms with Crippen LogP contribution in [-0.2, 0) is 6.42 Å². The maximum atomic E-state index is 14.2. The molecule has 1 aromatic carbocycles. The van der Waals surface area contributed by atoms with Crippen molar-refractivity contribution in [1.29, 1.82) is 0 Å². The molecule has 0 bridgehead atoms. The fourth-order valence-corrected chi connectivity index (χ4v) is 2.58. The van der Waals surface area contributed by atoms with Gasteiger partial charge in [0, 0.05) is 22.3 Å². The summed E-state index contributed by atoms with van der Waals surface area (Å²) in [6.45, 7) is 2.92. The van der Waals surface area contributed by atoms with Crippen molar-refractivity contribution in [3.05, 3.63) is 57.9 Å². The number of nitrogen functional groups attached to an aromatic ring is 1. The molecule has 1 aromatic heterocycles. The molecule has 0 saturated heterocycles. The van der Waals surface area contributed by atoms with Crippen LogP contribution >= 0.6 is 15.9 Å². The number of benzene rings is 1. The van der Waals surface area contributed by atoms with Crippen LogP contribution < -0.4 is 11.1 Å². The Morgan fingerprint density at radius 1 is 1.33 bits per heavy atom. The molecule has 0 spiro atoms. The summed E-state index contributed by atoms with van der Waals surface area (Å²) in [5, 5.41) is 3.40. The predicted molar refractivity (Wildman–Crippen MR) is 87.5 cm³/mol. The van der Waals surface area contributed by atoms with E-state index in [1.54, 1.807) is 6.20 Å². The molecule has 0 aliphatic carbocycles. The summed E-state index contributed by atoms with van der Waals surface area (Å²) in [6.07, 6.45) is 3.35. The Labute approximate surface area is 132 Å². The lowest BCUT2D eigenvalue weighted by Gasteiger charge is -2.20. The zero-order valence-electron chi connectivity index (χ0n) is 11.9. The first-order chi connectivity index (χ1) is 10.1. The minimum atomic E-state index is -0.208.